The highest BCUT2D eigenvalue weighted by atomic mass is 16.5. The SMILES string of the molecule is C/C=C\C(=C/CC)C(=O)Nc1cc(OC)c(/N=N/c2c(O)c(C=O)cc3ccccc23)cc1OC. The molecule has 8 heteroatoms. The number of carbonyl (C=O) groups excluding carboxylic acids is 2. The quantitative estimate of drug-likeness (QED) is 0.157. The van der Waals surface area contributed by atoms with Crippen LogP contribution in [0.1, 0.15) is 30.6 Å². The van der Waals surface area contributed by atoms with E-state index in [0.717, 1.165) is 5.39 Å². The van der Waals surface area contributed by atoms with E-state index < -0.39 is 0 Å². The van der Waals surface area contributed by atoms with E-state index in [1.807, 2.05) is 32.1 Å². The van der Waals surface area contributed by atoms with E-state index in [0.29, 0.717) is 46.5 Å². The van der Waals surface area contributed by atoms with E-state index in [1.165, 1.54) is 14.2 Å². The average Bonchev–Trinajstić information content (AvgIpc) is 2.87. The van der Waals surface area contributed by atoms with Crippen molar-refractivity contribution in [1.29, 1.82) is 0 Å². The second-order valence-electron chi connectivity index (χ2n) is 7.45. The predicted molar refractivity (Wildman–Crippen MR) is 137 cm³/mol. The van der Waals surface area contributed by atoms with Crippen LogP contribution in [-0.2, 0) is 4.79 Å². The number of anilines is 1. The minimum Gasteiger partial charge on any atom is -0.505 e. The molecule has 0 spiro atoms. The van der Waals surface area contributed by atoms with Gasteiger partial charge in [-0.15, -0.1) is 10.2 Å². The highest BCUT2D eigenvalue weighted by molar-refractivity contribution is 6.06. The largest absolute Gasteiger partial charge is 0.505 e. The number of hydrogen-bond donors (Lipinski definition) is 2. The van der Waals surface area contributed by atoms with Crippen LogP contribution in [0.25, 0.3) is 10.8 Å². The minimum atomic E-state index is -0.290. The van der Waals surface area contributed by atoms with Crippen molar-refractivity contribution in [2.45, 2.75) is 20.3 Å². The maximum atomic E-state index is 12.8. The van der Waals surface area contributed by atoms with Gasteiger partial charge in [0, 0.05) is 23.1 Å². The lowest BCUT2D eigenvalue weighted by Gasteiger charge is -2.14. The Morgan fingerprint density at radius 2 is 1.83 bits per heavy atom. The molecule has 0 unspecified atom stereocenters. The summed E-state index contributed by atoms with van der Waals surface area (Å²) in [4.78, 5) is 24.2. The normalized spacial score (nSPS) is 11.8. The van der Waals surface area contributed by atoms with Gasteiger partial charge in [-0.2, -0.15) is 0 Å². The van der Waals surface area contributed by atoms with Crippen LogP contribution in [0.3, 0.4) is 0 Å². The number of azo groups is 1. The molecular weight excluding hydrogens is 446 g/mol. The minimum absolute atomic E-state index is 0.109. The third-order valence-corrected chi connectivity index (χ3v) is 5.19. The van der Waals surface area contributed by atoms with E-state index in [2.05, 4.69) is 15.5 Å². The number of phenolic OH excluding ortho intramolecular Hbond substituents is 1. The molecule has 0 aromatic heterocycles. The van der Waals surface area contributed by atoms with Crippen molar-refractivity contribution in [2.24, 2.45) is 10.2 Å². The first kappa shape index (κ1) is 25.2. The molecule has 0 aliphatic carbocycles. The van der Waals surface area contributed by atoms with Gasteiger partial charge in [-0.1, -0.05) is 49.4 Å². The number of hydrogen-bond acceptors (Lipinski definition) is 7. The fourth-order valence-electron chi connectivity index (χ4n) is 3.52. The van der Waals surface area contributed by atoms with E-state index in [-0.39, 0.29) is 22.9 Å². The van der Waals surface area contributed by atoms with Crippen molar-refractivity contribution in [1.82, 2.24) is 0 Å². The number of rotatable bonds is 9. The Morgan fingerprint density at radius 3 is 2.49 bits per heavy atom. The summed E-state index contributed by atoms with van der Waals surface area (Å²) in [6, 6.07) is 12.0. The van der Waals surface area contributed by atoms with Gasteiger partial charge in [-0.25, -0.2) is 0 Å². The standard InChI is InChI=1S/C27H27N3O5/c1-5-9-17(10-6-2)27(33)28-21-14-24(35-4)22(15-23(21)34-3)29-30-25-20-12-8-7-11-18(20)13-19(16-31)26(25)32/h5,7-16,32H,6H2,1-4H3,(H,28,33)/b9-5-,17-10+,30-29+. The number of benzene rings is 3. The first-order valence-corrected chi connectivity index (χ1v) is 11.0. The number of methoxy groups -OCH3 is 2. The van der Waals surface area contributed by atoms with E-state index in [9.17, 15) is 14.7 Å². The van der Waals surface area contributed by atoms with E-state index in [4.69, 9.17) is 9.47 Å². The van der Waals surface area contributed by atoms with Gasteiger partial charge in [0.2, 0.25) is 0 Å². The summed E-state index contributed by atoms with van der Waals surface area (Å²) in [6.07, 6.45) is 6.62. The van der Waals surface area contributed by atoms with Crippen LogP contribution in [0.4, 0.5) is 17.1 Å². The molecule has 0 atom stereocenters. The number of aldehydes is 1. The van der Waals surface area contributed by atoms with Crippen molar-refractivity contribution >= 4 is 40.0 Å². The molecule has 0 bridgehead atoms. The van der Waals surface area contributed by atoms with Gasteiger partial charge in [0.25, 0.3) is 5.91 Å². The van der Waals surface area contributed by atoms with E-state index >= 15 is 0 Å². The summed E-state index contributed by atoms with van der Waals surface area (Å²) in [5.41, 5.74) is 1.50. The molecule has 35 heavy (non-hydrogen) atoms. The van der Waals surface area contributed by atoms with E-state index in [1.54, 1.807) is 42.5 Å². The molecule has 0 aliphatic heterocycles. The number of fused-ring (bicyclic) bond motifs is 1. The lowest BCUT2D eigenvalue weighted by Crippen LogP contribution is -2.14. The van der Waals surface area contributed by atoms with Crippen molar-refractivity contribution in [3.8, 4) is 17.2 Å². The first-order chi connectivity index (χ1) is 17.0. The topological polar surface area (TPSA) is 110 Å². The van der Waals surface area contributed by atoms with Crippen LogP contribution in [0, 0.1) is 0 Å². The summed E-state index contributed by atoms with van der Waals surface area (Å²) in [6.45, 7) is 3.79. The Kier molecular flexibility index (Phi) is 8.34. The van der Waals surface area contributed by atoms with Crippen LogP contribution >= 0.6 is 0 Å². The molecule has 1 amide bonds. The zero-order valence-electron chi connectivity index (χ0n) is 20.0. The number of aromatic hydroxyl groups is 1. The summed E-state index contributed by atoms with van der Waals surface area (Å²) in [5.74, 6) is 0.116. The molecule has 0 radical (unpaired) electrons. The van der Waals surface area contributed by atoms with Crippen molar-refractivity contribution in [3.05, 3.63) is 71.8 Å². The molecule has 8 nitrogen and oxygen atoms in total. The second kappa shape index (κ2) is 11.6. The average molecular weight is 474 g/mol. The fraction of sp³-hybridized carbons (Fsp3) is 0.185. The maximum Gasteiger partial charge on any atom is 0.255 e. The Balaban J connectivity index is 2.05. The number of carbonyl (C=O) groups is 2. The van der Waals surface area contributed by atoms with Crippen molar-refractivity contribution in [2.75, 3.05) is 19.5 Å². The third kappa shape index (κ3) is 5.55. The first-order valence-electron chi connectivity index (χ1n) is 11.0. The molecule has 3 aromatic carbocycles. The number of ether oxygens (including phenoxy) is 2. The van der Waals surface area contributed by atoms with Crippen LogP contribution in [-0.4, -0.2) is 31.5 Å². The predicted octanol–water partition coefficient (Wildman–Crippen LogP) is 6.64. The molecule has 2 N–H and O–H groups in total. The Morgan fingerprint density at radius 1 is 1.09 bits per heavy atom. The van der Waals surface area contributed by atoms with Gasteiger partial charge in [-0.3, -0.25) is 9.59 Å². The zero-order valence-corrected chi connectivity index (χ0v) is 20.0. The molecular formula is C27H27N3O5. The molecule has 0 fully saturated rings. The van der Waals surface area contributed by atoms with Crippen LogP contribution in [0.2, 0.25) is 0 Å². The van der Waals surface area contributed by atoms with Crippen LogP contribution in [0.15, 0.2) is 76.5 Å². The highest BCUT2D eigenvalue weighted by Gasteiger charge is 2.16. The van der Waals surface area contributed by atoms with Gasteiger partial charge < -0.3 is 19.9 Å². The molecule has 0 heterocycles. The number of allylic oxidation sites excluding steroid dienone is 2. The smallest absolute Gasteiger partial charge is 0.255 e. The summed E-state index contributed by atoms with van der Waals surface area (Å²) in [5, 5.41) is 23.3. The maximum absolute atomic E-state index is 12.8. The Labute approximate surface area is 203 Å². The van der Waals surface area contributed by atoms with Crippen LogP contribution in [0.5, 0.6) is 17.2 Å². The molecule has 180 valence electrons. The highest BCUT2D eigenvalue weighted by Crippen LogP contribution is 2.42. The van der Waals surface area contributed by atoms with Crippen molar-refractivity contribution < 1.29 is 24.2 Å². The number of nitrogens with one attached hydrogen (secondary N) is 1. The Bertz CT molecular complexity index is 1340. The molecule has 0 saturated heterocycles. The van der Waals surface area contributed by atoms with Crippen molar-refractivity contribution in [3.63, 3.8) is 0 Å². The fourth-order valence-corrected chi connectivity index (χ4v) is 3.52. The van der Waals surface area contributed by atoms with Gasteiger partial charge in [-0.05, 0) is 24.8 Å². The molecule has 3 rings (SSSR count). The lowest BCUT2D eigenvalue weighted by atomic mass is 10.0. The Hall–Kier alpha value is -4.46. The summed E-state index contributed by atoms with van der Waals surface area (Å²) >= 11 is 0. The van der Waals surface area contributed by atoms with Crippen LogP contribution < -0.4 is 14.8 Å². The van der Waals surface area contributed by atoms with Gasteiger partial charge in [0.05, 0.1) is 25.5 Å². The number of nitrogens with zero attached hydrogens (tertiary/aromatic N) is 2. The summed E-state index contributed by atoms with van der Waals surface area (Å²) in [7, 11) is 2.94. The lowest BCUT2D eigenvalue weighted by molar-refractivity contribution is -0.112. The summed E-state index contributed by atoms with van der Waals surface area (Å²) < 4.78 is 10.9. The monoisotopic (exact) mass is 473 g/mol. The second-order valence-corrected chi connectivity index (χ2v) is 7.45. The number of amides is 1. The molecule has 0 aliphatic rings. The van der Waals surface area contributed by atoms with Gasteiger partial charge in [0.1, 0.15) is 22.9 Å². The number of phenols is 1. The molecule has 3 aromatic rings. The van der Waals surface area contributed by atoms with Gasteiger partial charge in [0.15, 0.2) is 12.0 Å². The third-order valence-electron chi connectivity index (χ3n) is 5.19. The molecule has 0 saturated carbocycles. The van der Waals surface area contributed by atoms with Gasteiger partial charge >= 0.3 is 0 Å². The zero-order chi connectivity index (χ0) is 25.4.